The van der Waals surface area contributed by atoms with E-state index in [1.807, 2.05) is 6.07 Å². The highest BCUT2D eigenvalue weighted by Crippen LogP contribution is 2.34. The molecule has 2 aromatic rings. The smallest absolute Gasteiger partial charge is 0.276 e. The Morgan fingerprint density at radius 3 is 2.90 bits per heavy atom. The second-order valence-corrected chi connectivity index (χ2v) is 5.66. The first-order valence-corrected chi connectivity index (χ1v) is 7.35. The van der Waals surface area contributed by atoms with Crippen LogP contribution >= 0.6 is 34.2 Å². The Kier molecular flexibility index (Phi) is 5.18. The highest BCUT2D eigenvalue weighted by atomic mass is 127. The number of carbonyl (C=O) groups is 2. The summed E-state index contributed by atoms with van der Waals surface area (Å²) in [4.78, 5) is 26.5. The van der Waals surface area contributed by atoms with Crippen LogP contribution in [0.3, 0.4) is 0 Å². The number of nitrogens with one attached hydrogen (secondary N) is 2. The molecule has 1 heterocycles. The van der Waals surface area contributed by atoms with E-state index in [2.05, 4.69) is 38.4 Å². The van der Waals surface area contributed by atoms with Crippen molar-refractivity contribution in [3.63, 3.8) is 0 Å². The molecule has 2 N–H and O–H groups in total. The summed E-state index contributed by atoms with van der Waals surface area (Å²) in [6, 6.07) is 5.34. The molecule has 0 saturated heterocycles. The average Bonchev–Trinajstić information content (AvgIpc) is 2.45. The topological polar surface area (TPSA) is 80.3 Å². The number of rotatable bonds is 3. The zero-order valence-electron chi connectivity index (χ0n) is 10.9. The standard InChI is InChI=1S/C13H11ClIN3O3/c1-7(19)17-18-11(20)6-21-13-10(15)5-9(14)8-3-2-4-16-12(8)13/h2-5H,6H2,1H3,(H,17,19)(H,18,20). The number of hydrazine groups is 1. The van der Waals surface area contributed by atoms with Crippen molar-refractivity contribution >= 4 is 56.9 Å². The number of pyridine rings is 1. The monoisotopic (exact) mass is 419 g/mol. The van der Waals surface area contributed by atoms with E-state index in [-0.39, 0.29) is 12.5 Å². The molecule has 0 aliphatic rings. The van der Waals surface area contributed by atoms with Gasteiger partial charge in [-0.15, -0.1) is 0 Å². The van der Waals surface area contributed by atoms with Crippen LogP contribution in [0.2, 0.25) is 5.02 Å². The van der Waals surface area contributed by atoms with E-state index < -0.39 is 5.91 Å². The van der Waals surface area contributed by atoms with Crippen LogP contribution in [0.15, 0.2) is 24.4 Å². The van der Waals surface area contributed by atoms with E-state index in [1.54, 1.807) is 18.3 Å². The summed E-state index contributed by atoms with van der Waals surface area (Å²) in [5, 5.41) is 1.31. The van der Waals surface area contributed by atoms with E-state index in [1.165, 1.54) is 6.92 Å². The first-order chi connectivity index (χ1) is 9.99. The molecule has 0 aliphatic heterocycles. The Morgan fingerprint density at radius 2 is 2.19 bits per heavy atom. The predicted octanol–water partition coefficient (Wildman–Crippen LogP) is 2.04. The molecule has 1 aromatic heterocycles. The number of halogens is 2. The molecular formula is C13H11ClIN3O3. The van der Waals surface area contributed by atoms with Crippen molar-refractivity contribution in [3.8, 4) is 5.75 Å². The number of benzene rings is 1. The highest BCUT2D eigenvalue weighted by molar-refractivity contribution is 14.1. The quantitative estimate of drug-likeness (QED) is 0.589. The lowest BCUT2D eigenvalue weighted by atomic mass is 10.2. The molecule has 6 nitrogen and oxygen atoms in total. The molecular weight excluding hydrogens is 409 g/mol. The summed E-state index contributed by atoms with van der Waals surface area (Å²) >= 11 is 8.22. The van der Waals surface area contributed by atoms with Crippen LogP contribution in [0, 0.1) is 3.57 Å². The minimum atomic E-state index is -0.472. The van der Waals surface area contributed by atoms with Gasteiger partial charge >= 0.3 is 0 Å². The van der Waals surface area contributed by atoms with Gasteiger partial charge in [0.05, 0.1) is 8.59 Å². The lowest BCUT2D eigenvalue weighted by molar-refractivity contribution is -0.129. The van der Waals surface area contributed by atoms with Gasteiger partial charge in [-0.05, 0) is 40.8 Å². The maximum atomic E-state index is 11.5. The van der Waals surface area contributed by atoms with Gasteiger partial charge in [-0.1, -0.05) is 11.6 Å². The lowest BCUT2D eigenvalue weighted by Gasteiger charge is -2.12. The van der Waals surface area contributed by atoms with Gasteiger partial charge in [0.15, 0.2) is 12.4 Å². The maximum absolute atomic E-state index is 11.5. The summed E-state index contributed by atoms with van der Waals surface area (Å²) in [7, 11) is 0. The number of aromatic nitrogens is 1. The van der Waals surface area contributed by atoms with Crippen molar-refractivity contribution in [3.05, 3.63) is 33.0 Å². The zero-order chi connectivity index (χ0) is 15.4. The Labute approximate surface area is 139 Å². The first kappa shape index (κ1) is 15.8. The molecule has 0 fully saturated rings. The molecule has 2 amide bonds. The summed E-state index contributed by atoms with van der Waals surface area (Å²) < 4.78 is 6.25. The van der Waals surface area contributed by atoms with Crippen molar-refractivity contribution in [1.82, 2.24) is 15.8 Å². The molecule has 0 radical (unpaired) electrons. The fourth-order valence-electron chi connectivity index (χ4n) is 1.62. The van der Waals surface area contributed by atoms with Crippen molar-refractivity contribution in [2.24, 2.45) is 0 Å². The van der Waals surface area contributed by atoms with Gasteiger partial charge in [-0.2, -0.15) is 0 Å². The Balaban J connectivity index is 2.19. The third-order valence-corrected chi connectivity index (χ3v) is 3.59. The number of hydrogen-bond acceptors (Lipinski definition) is 4. The van der Waals surface area contributed by atoms with Crippen LogP contribution in [-0.2, 0) is 9.59 Å². The molecule has 0 unspecified atom stereocenters. The normalized spacial score (nSPS) is 10.2. The van der Waals surface area contributed by atoms with Gasteiger partial charge in [0.2, 0.25) is 5.91 Å². The van der Waals surface area contributed by atoms with Gasteiger partial charge in [-0.25, -0.2) is 0 Å². The van der Waals surface area contributed by atoms with Crippen LogP contribution in [0.5, 0.6) is 5.75 Å². The maximum Gasteiger partial charge on any atom is 0.276 e. The fourth-order valence-corrected chi connectivity index (χ4v) is 2.78. The van der Waals surface area contributed by atoms with E-state index in [9.17, 15) is 9.59 Å². The van der Waals surface area contributed by atoms with Gasteiger partial charge in [0.1, 0.15) is 5.52 Å². The summed E-state index contributed by atoms with van der Waals surface area (Å²) in [5.41, 5.74) is 4.99. The highest BCUT2D eigenvalue weighted by Gasteiger charge is 2.13. The summed E-state index contributed by atoms with van der Waals surface area (Å²) in [6.07, 6.45) is 1.62. The number of carbonyl (C=O) groups excluding carboxylic acids is 2. The Morgan fingerprint density at radius 1 is 1.43 bits per heavy atom. The second kappa shape index (κ2) is 6.90. The van der Waals surface area contributed by atoms with Crippen LogP contribution in [-0.4, -0.2) is 23.4 Å². The lowest BCUT2D eigenvalue weighted by Crippen LogP contribution is -2.42. The van der Waals surface area contributed by atoms with E-state index in [0.717, 1.165) is 8.96 Å². The van der Waals surface area contributed by atoms with Gasteiger partial charge in [-0.3, -0.25) is 25.4 Å². The van der Waals surface area contributed by atoms with Crippen LogP contribution in [0.1, 0.15) is 6.92 Å². The van der Waals surface area contributed by atoms with Crippen LogP contribution in [0.4, 0.5) is 0 Å². The molecule has 110 valence electrons. The van der Waals surface area contributed by atoms with Crippen molar-refractivity contribution in [2.75, 3.05) is 6.61 Å². The number of nitrogens with zero attached hydrogens (tertiary/aromatic N) is 1. The average molecular weight is 420 g/mol. The number of amides is 2. The van der Waals surface area contributed by atoms with Crippen molar-refractivity contribution in [1.29, 1.82) is 0 Å². The number of ether oxygens (including phenoxy) is 1. The molecule has 0 aliphatic carbocycles. The van der Waals surface area contributed by atoms with Gasteiger partial charge in [0.25, 0.3) is 5.91 Å². The molecule has 8 heteroatoms. The summed E-state index contributed by atoms with van der Waals surface area (Å²) in [6.45, 7) is 1.05. The molecule has 0 spiro atoms. The Hall–Kier alpha value is -1.61. The van der Waals surface area contributed by atoms with Crippen LogP contribution in [0.25, 0.3) is 10.9 Å². The number of fused-ring (bicyclic) bond motifs is 1. The van der Waals surface area contributed by atoms with E-state index in [4.69, 9.17) is 16.3 Å². The molecule has 0 saturated carbocycles. The minimum absolute atomic E-state index is 0.246. The molecule has 21 heavy (non-hydrogen) atoms. The fraction of sp³-hybridized carbons (Fsp3) is 0.154. The predicted molar refractivity (Wildman–Crippen MR) is 86.9 cm³/mol. The zero-order valence-corrected chi connectivity index (χ0v) is 13.9. The van der Waals surface area contributed by atoms with Gasteiger partial charge < -0.3 is 4.74 Å². The SMILES string of the molecule is CC(=O)NNC(=O)COc1c(I)cc(Cl)c2cccnc12. The second-order valence-electron chi connectivity index (χ2n) is 4.09. The van der Waals surface area contributed by atoms with Gasteiger partial charge in [0, 0.05) is 18.5 Å². The minimum Gasteiger partial charge on any atom is -0.480 e. The Bertz CT molecular complexity index is 708. The van der Waals surface area contributed by atoms with Crippen molar-refractivity contribution in [2.45, 2.75) is 6.92 Å². The largest absolute Gasteiger partial charge is 0.480 e. The van der Waals surface area contributed by atoms with E-state index >= 15 is 0 Å². The molecule has 0 bridgehead atoms. The van der Waals surface area contributed by atoms with Crippen LogP contribution < -0.4 is 15.6 Å². The first-order valence-electron chi connectivity index (χ1n) is 5.90. The van der Waals surface area contributed by atoms with Crippen molar-refractivity contribution < 1.29 is 14.3 Å². The third-order valence-electron chi connectivity index (χ3n) is 2.48. The van der Waals surface area contributed by atoms with E-state index in [0.29, 0.717) is 16.3 Å². The summed E-state index contributed by atoms with van der Waals surface area (Å²) in [5.74, 6) is -0.356. The number of hydrogen-bond donors (Lipinski definition) is 2. The molecule has 1 aromatic carbocycles. The molecule has 0 atom stereocenters. The third kappa shape index (κ3) is 3.94. The molecule has 2 rings (SSSR count).